The van der Waals surface area contributed by atoms with Gasteiger partial charge in [0.2, 0.25) is 0 Å². The fraction of sp³-hybridized carbons (Fsp3) is 0.583. The molecule has 0 spiro atoms. The number of nitrogens with two attached hydrogens (primary N) is 1. The lowest BCUT2D eigenvalue weighted by atomic mass is 10.3. The van der Waals surface area contributed by atoms with Crippen LogP contribution in [0.3, 0.4) is 0 Å². The summed E-state index contributed by atoms with van der Waals surface area (Å²) in [6, 6.07) is 0. The molecule has 0 saturated heterocycles. The number of rotatable bonds is 5. The lowest BCUT2D eigenvalue weighted by molar-refractivity contribution is 0.313. The molecule has 0 aliphatic rings. The summed E-state index contributed by atoms with van der Waals surface area (Å²) < 4.78 is 1.73. The summed E-state index contributed by atoms with van der Waals surface area (Å²) in [7, 11) is 3.93. The van der Waals surface area contributed by atoms with Crippen molar-refractivity contribution in [2.75, 3.05) is 19.3 Å². The molecule has 98 valence electrons. The van der Waals surface area contributed by atoms with Crippen molar-refractivity contribution >= 4 is 16.9 Å². The van der Waals surface area contributed by atoms with Crippen LogP contribution in [0.5, 0.6) is 0 Å². The van der Waals surface area contributed by atoms with Gasteiger partial charge in [-0.1, -0.05) is 13.3 Å². The van der Waals surface area contributed by atoms with E-state index in [9.17, 15) is 0 Å². The topological polar surface area (TPSA) is 72.9 Å². The standard InChI is InChI=1S/C12H20N6/c1-4-5-6-17(2)8-10-15-11(13)9-7-14-18(3)12(9)16-10/h7H,4-6,8H2,1-3H3,(H2,13,15,16). The summed E-state index contributed by atoms with van der Waals surface area (Å²) in [5.41, 5.74) is 6.72. The van der Waals surface area contributed by atoms with E-state index in [4.69, 9.17) is 5.73 Å². The molecule has 2 N–H and O–H groups in total. The molecule has 6 heteroatoms. The smallest absolute Gasteiger partial charge is 0.163 e. The van der Waals surface area contributed by atoms with Gasteiger partial charge in [-0.3, -0.25) is 9.58 Å². The largest absolute Gasteiger partial charge is 0.383 e. The lowest BCUT2D eigenvalue weighted by Gasteiger charge is -2.15. The molecule has 0 bridgehead atoms. The SMILES string of the molecule is CCCCN(C)Cc1nc(N)c2cnn(C)c2n1. The molecule has 0 unspecified atom stereocenters. The van der Waals surface area contributed by atoms with Crippen LogP contribution in [0.1, 0.15) is 25.6 Å². The zero-order valence-electron chi connectivity index (χ0n) is 11.2. The van der Waals surface area contributed by atoms with Gasteiger partial charge in [0.1, 0.15) is 11.6 Å². The number of aromatic nitrogens is 4. The molecule has 0 aromatic carbocycles. The fourth-order valence-electron chi connectivity index (χ4n) is 1.91. The molecule has 0 aliphatic heterocycles. The van der Waals surface area contributed by atoms with Gasteiger partial charge in [-0.2, -0.15) is 5.10 Å². The van der Waals surface area contributed by atoms with Gasteiger partial charge >= 0.3 is 0 Å². The lowest BCUT2D eigenvalue weighted by Crippen LogP contribution is -2.21. The second-order valence-electron chi connectivity index (χ2n) is 4.62. The third-order valence-electron chi connectivity index (χ3n) is 2.97. The maximum Gasteiger partial charge on any atom is 0.163 e. The molecule has 2 aromatic rings. The van der Waals surface area contributed by atoms with Crippen LogP contribution < -0.4 is 5.73 Å². The predicted molar refractivity (Wildman–Crippen MR) is 72.0 cm³/mol. The summed E-state index contributed by atoms with van der Waals surface area (Å²) >= 11 is 0. The molecule has 0 amide bonds. The highest BCUT2D eigenvalue weighted by Gasteiger charge is 2.10. The van der Waals surface area contributed by atoms with Crippen LogP contribution in [-0.2, 0) is 13.6 Å². The van der Waals surface area contributed by atoms with Gasteiger partial charge in [-0.05, 0) is 20.0 Å². The number of hydrogen-bond donors (Lipinski definition) is 1. The fourth-order valence-corrected chi connectivity index (χ4v) is 1.91. The first-order chi connectivity index (χ1) is 8.61. The van der Waals surface area contributed by atoms with Crippen molar-refractivity contribution in [1.29, 1.82) is 0 Å². The molecule has 2 aromatic heterocycles. The van der Waals surface area contributed by atoms with Crippen molar-refractivity contribution in [3.05, 3.63) is 12.0 Å². The average Bonchev–Trinajstić information content (AvgIpc) is 2.69. The van der Waals surface area contributed by atoms with Crippen molar-refractivity contribution in [2.24, 2.45) is 7.05 Å². The average molecular weight is 248 g/mol. The summed E-state index contributed by atoms with van der Waals surface area (Å²) in [5, 5.41) is 4.96. The Labute approximate surface area is 107 Å². The third kappa shape index (κ3) is 2.59. The van der Waals surface area contributed by atoms with E-state index < -0.39 is 0 Å². The zero-order chi connectivity index (χ0) is 13.1. The maximum atomic E-state index is 5.92. The number of anilines is 1. The van der Waals surface area contributed by atoms with Crippen LogP contribution in [0.4, 0.5) is 5.82 Å². The van der Waals surface area contributed by atoms with Crippen molar-refractivity contribution in [1.82, 2.24) is 24.6 Å². The minimum Gasteiger partial charge on any atom is -0.383 e. The third-order valence-corrected chi connectivity index (χ3v) is 2.97. The summed E-state index contributed by atoms with van der Waals surface area (Å²) in [6.45, 7) is 3.94. The van der Waals surface area contributed by atoms with Crippen LogP contribution in [-0.4, -0.2) is 38.2 Å². The van der Waals surface area contributed by atoms with Gasteiger partial charge in [0.25, 0.3) is 0 Å². The van der Waals surface area contributed by atoms with E-state index in [1.807, 2.05) is 7.05 Å². The second kappa shape index (κ2) is 5.30. The van der Waals surface area contributed by atoms with E-state index >= 15 is 0 Å². The molecular formula is C12H20N6. The highest BCUT2D eigenvalue weighted by Crippen LogP contribution is 2.16. The molecule has 6 nitrogen and oxygen atoms in total. The first kappa shape index (κ1) is 12.8. The van der Waals surface area contributed by atoms with E-state index in [-0.39, 0.29) is 0 Å². The highest BCUT2D eigenvalue weighted by molar-refractivity contribution is 5.84. The van der Waals surface area contributed by atoms with E-state index in [1.54, 1.807) is 10.9 Å². The monoisotopic (exact) mass is 248 g/mol. The highest BCUT2D eigenvalue weighted by atomic mass is 15.3. The number of aryl methyl sites for hydroxylation is 1. The van der Waals surface area contributed by atoms with Crippen molar-refractivity contribution < 1.29 is 0 Å². The summed E-state index contributed by atoms with van der Waals surface area (Å²) in [4.78, 5) is 11.1. The molecule has 18 heavy (non-hydrogen) atoms. The quantitative estimate of drug-likeness (QED) is 0.860. The predicted octanol–water partition coefficient (Wildman–Crippen LogP) is 1.18. The molecular weight excluding hydrogens is 228 g/mol. The van der Waals surface area contributed by atoms with Gasteiger partial charge in [0.15, 0.2) is 5.65 Å². The second-order valence-corrected chi connectivity index (χ2v) is 4.62. The van der Waals surface area contributed by atoms with Gasteiger partial charge in [-0.15, -0.1) is 0 Å². The minimum atomic E-state index is 0.506. The molecule has 0 saturated carbocycles. The summed E-state index contributed by atoms with van der Waals surface area (Å²) in [5.74, 6) is 1.26. The molecule has 0 radical (unpaired) electrons. The van der Waals surface area contributed by atoms with Crippen molar-refractivity contribution in [3.63, 3.8) is 0 Å². The molecule has 0 fully saturated rings. The van der Waals surface area contributed by atoms with Crippen LogP contribution in [0, 0.1) is 0 Å². The summed E-state index contributed by atoms with van der Waals surface area (Å²) in [6.07, 6.45) is 4.07. The zero-order valence-corrected chi connectivity index (χ0v) is 11.2. The molecule has 0 aliphatic carbocycles. The number of hydrogen-bond acceptors (Lipinski definition) is 5. The Morgan fingerprint density at radius 2 is 2.17 bits per heavy atom. The number of fused-ring (bicyclic) bond motifs is 1. The molecule has 2 heterocycles. The van der Waals surface area contributed by atoms with Gasteiger partial charge < -0.3 is 5.73 Å². The van der Waals surface area contributed by atoms with Gasteiger partial charge in [0, 0.05) is 7.05 Å². The van der Waals surface area contributed by atoms with Gasteiger partial charge in [0.05, 0.1) is 18.1 Å². The van der Waals surface area contributed by atoms with Crippen molar-refractivity contribution in [3.8, 4) is 0 Å². The van der Waals surface area contributed by atoms with Crippen LogP contribution in [0.2, 0.25) is 0 Å². The Bertz CT molecular complexity index is 533. The maximum absolute atomic E-state index is 5.92. The minimum absolute atomic E-state index is 0.506. The van der Waals surface area contributed by atoms with E-state index in [0.29, 0.717) is 12.4 Å². The van der Waals surface area contributed by atoms with Crippen LogP contribution >= 0.6 is 0 Å². The first-order valence-electron chi connectivity index (χ1n) is 6.24. The Hall–Kier alpha value is -1.69. The number of nitrogens with zero attached hydrogens (tertiary/aromatic N) is 5. The Morgan fingerprint density at radius 3 is 2.89 bits per heavy atom. The van der Waals surface area contributed by atoms with Crippen molar-refractivity contribution in [2.45, 2.75) is 26.3 Å². The Balaban J connectivity index is 2.21. The van der Waals surface area contributed by atoms with Crippen LogP contribution in [0.25, 0.3) is 11.0 Å². The van der Waals surface area contributed by atoms with Gasteiger partial charge in [-0.25, -0.2) is 9.97 Å². The normalized spacial score (nSPS) is 11.6. The molecule has 2 rings (SSSR count). The van der Waals surface area contributed by atoms with E-state index in [2.05, 4.69) is 33.9 Å². The Kier molecular flexibility index (Phi) is 3.76. The van der Waals surface area contributed by atoms with Crippen LogP contribution in [0.15, 0.2) is 6.20 Å². The number of nitrogen functional groups attached to an aromatic ring is 1. The molecule has 0 atom stereocenters. The van der Waals surface area contributed by atoms with E-state index in [1.165, 1.54) is 12.8 Å². The van der Waals surface area contributed by atoms with E-state index in [0.717, 1.165) is 23.4 Å². The number of unbranched alkanes of at least 4 members (excludes halogenated alkanes) is 1. The first-order valence-corrected chi connectivity index (χ1v) is 6.24. The Morgan fingerprint density at radius 1 is 1.39 bits per heavy atom.